The number of likely N-dealkylation sites (N-methyl/N-ethyl adjacent to an activating group) is 2. The Hall–Kier alpha value is -1.86. The molecule has 2 aliphatic heterocycles. The summed E-state index contributed by atoms with van der Waals surface area (Å²) in [4.78, 5) is 30.1. The molecule has 0 radical (unpaired) electrons. The van der Waals surface area contributed by atoms with E-state index in [1.165, 1.54) is 4.90 Å². The molecule has 2 saturated heterocycles. The van der Waals surface area contributed by atoms with E-state index in [4.69, 9.17) is 9.15 Å². The highest BCUT2D eigenvalue weighted by Gasteiger charge is 2.56. The molecule has 0 bridgehead atoms. The second kappa shape index (κ2) is 6.57. The number of furan rings is 1. The topological polar surface area (TPSA) is 66.2 Å². The van der Waals surface area contributed by atoms with Gasteiger partial charge in [-0.1, -0.05) is 0 Å². The van der Waals surface area contributed by atoms with Crippen molar-refractivity contribution in [3.8, 4) is 0 Å². The molecule has 3 heterocycles. The number of hydrogen-bond donors (Lipinski definition) is 0. The van der Waals surface area contributed by atoms with Gasteiger partial charge in [-0.25, -0.2) is 4.79 Å². The lowest BCUT2D eigenvalue weighted by molar-refractivity contribution is -0.134. The number of urea groups is 1. The molecule has 7 nitrogen and oxygen atoms in total. The Labute approximate surface area is 142 Å². The third-order valence-electron chi connectivity index (χ3n) is 5.12. The van der Waals surface area contributed by atoms with Crippen LogP contribution in [0.5, 0.6) is 0 Å². The van der Waals surface area contributed by atoms with Crippen LogP contribution >= 0.6 is 0 Å². The maximum atomic E-state index is 12.6. The number of nitrogens with zero attached hydrogens (tertiary/aromatic N) is 3. The minimum Gasteiger partial charge on any atom is -0.462 e. The van der Waals surface area contributed by atoms with Crippen LogP contribution in [0.25, 0.3) is 0 Å². The van der Waals surface area contributed by atoms with Crippen LogP contribution < -0.4 is 0 Å². The molecule has 1 aromatic rings. The van der Waals surface area contributed by atoms with E-state index in [-0.39, 0.29) is 11.9 Å². The highest BCUT2D eigenvalue weighted by Crippen LogP contribution is 2.36. The highest BCUT2D eigenvalue weighted by atomic mass is 16.5. The van der Waals surface area contributed by atoms with Gasteiger partial charge in [0.1, 0.15) is 23.7 Å². The Morgan fingerprint density at radius 3 is 2.50 bits per heavy atom. The summed E-state index contributed by atoms with van der Waals surface area (Å²) in [5.41, 5.74) is -0.651. The third kappa shape index (κ3) is 2.71. The van der Waals surface area contributed by atoms with E-state index in [0.29, 0.717) is 32.5 Å². The standard InChI is InChI=1S/C17H25N3O4/c1-4-20-16(22)18(2)15(21)17(20)7-9-19(10-8-17)11-13-5-6-14(24-13)12-23-3/h5-6H,4,7-12H2,1-3H3. The number of piperidine rings is 1. The van der Waals surface area contributed by atoms with Crippen molar-refractivity contribution in [2.75, 3.05) is 33.8 Å². The number of hydrogen-bond acceptors (Lipinski definition) is 5. The van der Waals surface area contributed by atoms with Crippen molar-refractivity contribution in [3.63, 3.8) is 0 Å². The van der Waals surface area contributed by atoms with E-state index < -0.39 is 5.54 Å². The fourth-order valence-corrected chi connectivity index (χ4v) is 3.83. The number of ether oxygens (including phenoxy) is 1. The molecule has 3 rings (SSSR count). The van der Waals surface area contributed by atoms with Gasteiger partial charge in [0, 0.05) is 33.8 Å². The third-order valence-corrected chi connectivity index (χ3v) is 5.12. The zero-order chi connectivity index (χ0) is 17.3. The van der Waals surface area contributed by atoms with E-state index in [2.05, 4.69) is 4.90 Å². The van der Waals surface area contributed by atoms with Gasteiger partial charge < -0.3 is 14.1 Å². The summed E-state index contributed by atoms with van der Waals surface area (Å²) in [5, 5.41) is 0. The number of carbonyl (C=O) groups is 2. The largest absolute Gasteiger partial charge is 0.462 e. The molecule has 0 atom stereocenters. The van der Waals surface area contributed by atoms with Gasteiger partial charge in [0.2, 0.25) is 0 Å². The first-order valence-corrected chi connectivity index (χ1v) is 8.40. The summed E-state index contributed by atoms with van der Waals surface area (Å²) in [6.07, 6.45) is 1.34. The molecule has 7 heteroatoms. The smallest absolute Gasteiger partial charge is 0.327 e. The van der Waals surface area contributed by atoms with Crippen LogP contribution in [0.3, 0.4) is 0 Å². The lowest BCUT2D eigenvalue weighted by Gasteiger charge is -2.41. The van der Waals surface area contributed by atoms with E-state index in [9.17, 15) is 9.59 Å². The number of imide groups is 1. The fraction of sp³-hybridized carbons (Fsp3) is 0.647. The first-order valence-electron chi connectivity index (χ1n) is 8.40. The lowest BCUT2D eigenvalue weighted by Crippen LogP contribution is -2.56. The van der Waals surface area contributed by atoms with Crippen LogP contribution in [0.2, 0.25) is 0 Å². The maximum absolute atomic E-state index is 12.6. The van der Waals surface area contributed by atoms with E-state index in [1.807, 2.05) is 19.1 Å². The van der Waals surface area contributed by atoms with Crippen molar-refractivity contribution < 1.29 is 18.7 Å². The van der Waals surface area contributed by atoms with Crippen molar-refractivity contribution in [2.45, 2.75) is 38.5 Å². The summed E-state index contributed by atoms with van der Waals surface area (Å²) in [6, 6.07) is 3.72. The molecule has 24 heavy (non-hydrogen) atoms. The predicted molar refractivity (Wildman–Crippen MR) is 87.2 cm³/mol. The Balaban J connectivity index is 1.64. The minimum absolute atomic E-state index is 0.0608. The van der Waals surface area contributed by atoms with Crippen LogP contribution in [0.1, 0.15) is 31.3 Å². The molecule has 3 amide bonds. The molecule has 0 saturated carbocycles. The van der Waals surface area contributed by atoms with E-state index in [0.717, 1.165) is 24.6 Å². The van der Waals surface area contributed by atoms with Crippen molar-refractivity contribution in [1.29, 1.82) is 0 Å². The molecule has 0 unspecified atom stereocenters. The van der Waals surface area contributed by atoms with Crippen LogP contribution in [-0.2, 0) is 22.7 Å². The van der Waals surface area contributed by atoms with Crippen LogP contribution in [-0.4, -0.2) is 66.0 Å². The zero-order valence-electron chi connectivity index (χ0n) is 14.6. The number of likely N-dealkylation sites (tertiary alicyclic amines) is 1. The Kier molecular flexibility index (Phi) is 4.64. The summed E-state index contributed by atoms with van der Waals surface area (Å²) in [6.45, 7) is 5.21. The molecule has 132 valence electrons. The summed E-state index contributed by atoms with van der Waals surface area (Å²) < 4.78 is 10.8. The molecule has 1 spiro atoms. The van der Waals surface area contributed by atoms with Gasteiger partial charge in [0.25, 0.3) is 5.91 Å². The molecule has 0 aliphatic carbocycles. The van der Waals surface area contributed by atoms with Gasteiger partial charge in [-0.3, -0.25) is 14.6 Å². The maximum Gasteiger partial charge on any atom is 0.327 e. The second-order valence-corrected chi connectivity index (χ2v) is 6.50. The molecule has 1 aromatic heterocycles. The second-order valence-electron chi connectivity index (χ2n) is 6.50. The van der Waals surface area contributed by atoms with Crippen molar-refractivity contribution in [1.82, 2.24) is 14.7 Å². The van der Waals surface area contributed by atoms with E-state index >= 15 is 0 Å². The van der Waals surface area contributed by atoms with Gasteiger partial charge in [0.15, 0.2) is 0 Å². The average Bonchev–Trinajstić information content (AvgIpc) is 3.08. The molecule has 0 aromatic carbocycles. The average molecular weight is 335 g/mol. The van der Waals surface area contributed by atoms with Crippen LogP contribution in [0.4, 0.5) is 4.79 Å². The lowest BCUT2D eigenvalue weighted by atomic mass is 9.86. The van der Waals surface area contributed by atoms with Gasteiger partial charge in [-0.15, -0.1) is 0 Å². The minimum atomic E-state index is -0.651. The molecular weight excluding hydrogens is 310 g/mol. The first kappa shape index (κ1) is 17.0. The first-order chi connectivity index (χ1) is 11.5. The van der Waals surface area contributed by atoms with Gasteiger partial charge >= 0.3 is 6.03 Å². The van der Waals surface area contributed by atoms with Crippen molar-refractivity contribution in [2.24, 2.45) is 0 Å². The quantitative estimate of drug-likeness (QED) is 0.766. The Morgan fingerprint density at radius 2 is 1.88 bits per heavy atom. The summed E-state index contributed by atoms with van der Waals surface area (Å²) in [7, 11) is 3.22. The summed E-state index contributed by atoms with van der Waals surface area (Å²) >= 11 is 0. The zero-order valence-corrected chi connectivity index (χ0v) is 14.6. The monoisotopic (exact) mass is 335 g/mol. The molecular formula is C17H25N3O4. The number of amides is 3. The summed E-state index contributed by atoms with van der Waals surface area (Å²) in [5.74, 6) is 1.65. The van der Waals surface area contributed by atoms with E-state index in [1.54, 1.807) is 19.1 Å². The highest BCUT2D eigenvalue weighted by molar-refractivity contribution is 6.06. The van der Waals surface area contributed by atoms with Crippen molar-refractivity contribution >= 4 is 11.9 Å². The normalized spacial score (nSPS) is 21.3. The number of rotatable bonds is 5. The molecule has 2 fully saturated rings. The predicted octanol–water partition coefficient (Wildman–Crippen LogP) is 1.67. The van der Waals surface area contributed by atoms with Gasteiger partial charge in [-0.2, -0.15) is 0 Å². The van der Waals surface area contributed by atoms with Crippen LogP contribution in [0.15, 0.2) is 16.5 Å². The Bertz CT molecular complexity index is 619. The number of carbonyl (C=O) groups excluding carboxylic acids is 2. The van der Waals surface area contributed by atoms with Crippen molar-refractivity contribution in [3.05, 3.63) is 23.7 Å². The van der Waals surface area contributed by atoms with Crippen LogP contribution in [0, 0.1) is 0 Å². The SMILES string of the molecule is CCN1C(=O)N(C)C(=O)C12CCN(Cc1ccc(COC)o1)CC2. The fourth-order valence-electron chi connectivity index (χ4n) is 3.83. The number of methoxy groups -OCH3 is 1. The molecule has 2 aliphatic rings. The van der Waals surface area contributed by atoms with Gasteiger partial charge in [-0.05, 0) is 31.9 Å². The van der Waals surface area contributed by atoms with Gasteiger partial charge in [0.05, 0.1) is 6.54 Å². The Morgan fingerprint density at radius 1 is 1.21 bits per heavy atom. The molecule has 0 N–H and O–H groups in total.